The maximum Gasteiger partial charge on any atom is 0.414 e. The number of nitrogens with zero attached hydrogens (tertiary/aromatic N) is 1. The number of rotatable bonds is 1. The van der Waals surface area contributed by atoms with Crippen LogP contribution in [0.25, 0.3) is 0 Å². The molecule has 0 aromatic heterocycles. The van der Waals surface area contributed by atoms with Crippen LogP contribution in [0, 0.1) is 6.92 Å². The van der Waals surface area contributed by atoms with Crippen molar-refractivity contribution in [3.05, 3.63) is 29.8 Å². The van der Waals surface area contributed by atoms with Crippen LogP contribution in [0.2, 0.25) is 0 Å². The van der Waals surface area contributed by atoms with Gasteiger partial charge >= 0.3 is 6.09 Å². The molecule has 2 rings (SSSR count). The molecule has 0 saturated carbocycles. The Morgan fingerprint density at radius 1 is 1.50 bits per heavy atom. The fourth-order valence-electron chi connectivity index (χ4n) is 1.61. The zero-order chi connectivity index (χ0) is 10.1. The average Bonchev–Trinajstić information content (AvgIpc) is 2.45. The molecule has 1 fully saturated rings. The summed E-state index contributed by atoms with van der Waals surface area (Å²) in [4.78, 5) is 13.1. The first kappa shape index (κ1) is 9.06. The van der Waals surface area contributed by atoms with E-state index in [1.807, 2.05) is 38.1 Å². The molecule has 1 amide bonds. The molecular formula is C11H13NO2. The third kappa shape index (κ3) is 1.58. The predicted octanol–water partition coefficient (Wildman–Crippen LogP) is 2.34. The van der Waals surface area contributed by atoms with E-state index in [-0.39, 0.29) is 12.2 Å². The van der Waals surface area contributed by atoms with Crippen LogP contribution in [0.1, 0.15) is 12.5 Å². The van der Waals surface area contributed by atoms with Crippen LogP contribution in [0.15, 0.2) is 24.3 Å². The van der Waals surface area contributed by atoms with E-state index in [9.17, 15) is 4.79 Å². The van der Waals surface area contributed by atoms with Gasteiger partial charge in [0.1, 0.15) is 6.10 Å². The molecule has 0 bridgehead atoms. The number of amides is 1. The summed E-state index contributed by atoms with van der Waals surface area (Å²) in [5.41, 5.74) is 2.06. The number of carbonyl (C=O) groups excluding carboxylic acids is 1. The first-order valence-electron chi connectivity index (χ1n) is 4.71. The third-order valence-corrected chi connectivity index (χ3v) is 2.28. The van der Waals surface area contributed by atoms with Gasteiger partial charge in [-0.15, -0.1) is 0 Å². The summed E-state index contributed by atoms with van der Waals surface area (Å²) >= 11 is 0. The topological polar surface area (TPSA) is 29.5 Å². The summed E-state index contributed by atoms with van der Waals surface area (Å²) in [7, 11) is 0. The van der Waals surface area contributed by atoms with Gasteiger partial charge in [0.15, 0.2) is 0 Å². The van der Waals surface area contributed by atoms with Crippen LogP contribution >= 0.6 is 0 Å². The molecule has 3 heteroatoms. The van der Waals surface area contributed by atoms with E-state index in [0.29, 0.717) is 6.54 Å². The first-order valence-corrected chi connectivity index (χ1v) is 4.71. The lowest BCUT2D eigenvalue weighted by Gasteiger charge is -2.12. The number of aryl methyl sites for hydroxylation is 1. The number of hydrogen-bond acceptors (Lipinski definition) is 2. The lowest BCUT2D eigenvalue weighted by Crippen LogP contribution is -2.23. The second-order valence-corrected chi connectivity index (χ2v) is 3.64. The molecular weight excluding hydrogens is 178 g/mol. The monoisotopic (exact) mass is 191 g/mol. The Bertz CT molecular complexity index is 362. The van der Waals surface area contributed by atoms with Crippen LogP contribution < -0.4 is 4.90 Å². The summed E-state index contributed by atoms with van der Waals surface area (Å²) in [5, 5.41) is 0. The maximum absolute atomic E-state index is 11.4. The van der Waals surface area contributed by atoms with Crippen LogP contribution in [0.5, 0.6) is 0 Å². The number of carbonyl (C=O) groups is 1. The Morgan fingerprint density at radius 2 is 2.29 bits per heavy atom. The molecule has 3 nitrogen and oxygen atoms in total. The van der Waals surface area contributed by atoms with E-state index < -0.39 is 0 Å². The van der Waals surface area contributed by atoms with Gasteiger partial charge in [0.25, 0.3) is 0 Å². The van der Waals surface area contributed by atoms with Crippen LogP contribution in [-0.2, 0) is 4.74 Å². The zero-order valence-electron chi connectivity index (χ0n) is 8.36. The molecule has 1 aromatic carbocycles. The highest BCUT2D eigenvalue weighted by molar-refractivity contribution is 5.89. The molecule has 74 valence electrons. The Balaban J connectivity index is 2.27. The summed E-state index contributed by atoms with van der Waals surface area (Å²) < 4.78 is 5.06. The molecule has 14 heavy (non-hydrogen) atoms. The molecule has 1 atom stereocenters. The molecule has 1 aromatic rings. The van der Waals surface area contributed by atoms with E-state index in [0.717, 1.165) is 11.3 Å². The van der Waals surface area contributed by atoms with Gasteiger partial charge in [-0.05, 0) is 31.5 Å². The smallest absolute Gasteiger partial charge is 0.414 e. The summed E-state index contributed by atoms with van der Waals surface area (Å²) in [5.74, 6) is 0. The summed E-state index contributed by atoms with van der Waals surface area (Å²) in [6, 6.07) is 7.86. The minimum atomic E-state index is -0.247. The highest BCUT2D eigenvalue weighted by Crippen LogP contribution is 2.21. The van der Waals surface area contributed by atoms with Crippen LogP contribution in [0.4, 0.5) is 10.5 Å². The summed E-state index contributed by atoms with van der Waals surface area (Å²) in [6.45, 7) is 4.55. The van der Waals surface area contributed by atoms with E-state index >= 15 is 0 Å². The van der Waals surface area contributed by atoms with Gasteiger partial charge < -0.3 is 4.74 Å². The van der Waals surface area contributed by atoms with E-state index in [2.05, 4.69) is 0 Å². The minimum absolute atomic E-state index is 0.0111. The van der Waals surface area contributed by atoms with Crippen molar-refractivity contribution < 1.29 is 9.53 Å². The average molecular weight is 191 g/mol. The quantitative estimate of drug-likeness (QED) is 0.681. The highest BCUT2D eigenvalue weighted by Gasteiger charge is 2.29. The first-order chi connectivity index (χ1) is 6.66. The molecule has 0 N–H and O–H groups in total. The second kappa shape index (κ2) is 3.33. The Kier molecular flexibility index (Phi) is 2.15. The van der Waals surface area contributed by atoms with Crippen molar-refractivity contribution in [2.75, 3.05) is 11.4 Å². The van der Waals surface area contributed by atoms with Crippen molar-refractivity contribution in [3.8, 4) is 0 Å². The van der Waals surface area contributed by atoms with Crippen molar-refractivity contribution >= 4 is 11.8 Å². The Hall–Kier alpha value is -1.51. The fourth-order valence-corrected chi connectivity index (χ4v) is 1.61. The number of anilines is 1. The van der Waals surface area contributed by atoms with E-state index in [1.54, 1.807) is 4.90 Å². The number of benzene rings is 1. The molecule has 0 aliphatic carbocycles. The molecule has 1 heterocycles. The largest absolute Gasteiger partial charge is 0.444 e. The van der Waals surface area contributed by atoms with Crippen LogP contribution in [-0.4, -0.2) is 18.7 Å². The molecule has 1 saturated heterocycles. The van der Waals surface area contributed by atoms with E-state index in [4.69, 9.17) is 4.74 Å². The molecule has 1 aliphatic rings. The van der Waals surface area contributed by atoms with Crippen molar-refractivity contribution in [1.29, 1.82) is 0 Å². The van der Waals surface area contributed by atoms with Gasteiger partial charge in [0, 0.05) is 5.69 Å². The zero-order valence-corrected chi connectivity index (χ0v) is 8.36. The normalized spacial score (nSPS) is 21.1. The SMILES string of the molecule is Cc1cccc(N2C[C@H](C)OC2=O)c1. The molecule has 0 spiro atoms. The predicted molar refractivity (Wildman–Crippen MR) is 54.5 cm³/mol. The number of cyclic esters (lactones) is 1. The maximum atomic E-state index is 11.4. The highest BCUT2D eigenvalue weighted by atomic mass is 16.6. The van der Waals surface area contributed by atoms with E-state index in [1.165, 1.54) is 0 Å². The Morgan fingerprint density at radius 3 is 2.86 bits per heavy atom. The fraction of sp³-hybridized carbons (Fsp3) is 0.364. The number of hydrogen-bond donors (Lipinski definition) is 0. The second-order valence-electron chi connectivity index (χ2n) is 3.64. The van der Waals surface area contributed by atoms with Crippen molar-refractivity contribution in [3.63, 3.8) is 0 Å². The van der Waals surface area contributed by atoms with Crippen molar-refractivity contribution in [1.82, 2.24) is 0 Å². The summed E-state index contributed by atoms with van der Waals surface area (Å²) in [6.07, 6.45) is -0.258. The lowest BCUT2D eigenvalue weighted by molar-refractivity contribution is 0.150. The molecule has 1 aliphatic heterocycles. The third-order valence-electron chi connectivity index (χ3n) is 2.28. The van der Waals surface area contributed by atoms with Gasteiger partial charge in [0.2, 0.25) is 0 Å². The van der Waals surface area contributed by atoms with Gasteiger partial charge in [-0.25, -0.2) is 4.79 Å². The van der Waals surface area contributed by atoms with Gasteiger partial charge in [-0.2, -0.15) is 0 Å². The molecule has 0 radical (unpaired) electrons. The lowest BCUT2D eigenvalue weighted by atomic mass is 10.2. The van der Waals surface area contributed by atoms with Crippen molar-refractivity contribution in [2.45, 2.75) is 20.0 Å². The van der Waals surface area contributed by atoms with Crippen molar-refractivity contribution in [2.24, 2.45) is 0 Å². The van der Waals surface area contributed by atoms with Gasteiger partial charge in [-0.3, -0.25) is 4.90 Å². The van der Waals surface area contributed by atoms with Gasteiger partial charge in [-0.1, -0.05) is 12.1 Å². The number of ether oxygens (including phenoxy) is 1. The minimum Gasteiger partial charge on any atom is -0.444 e. The Labute approximate surface area is 83.3 Å². The molecule has 0 unspecified atom stereocenters. The van der Waals surface area contributed by atoms with Gasteiger partial charge in [0.05, 0.1) is 6.54 Å². The van der Waals surface area contributed by atoms with Crippen LogP contribution in [0.3, 0.4) is 0 Å². The standard InChI is InChI=1S/C11H13NO2/c1-8-4-3-5-10(6-8)12-7-9(2)14-11(12)13/h3-6,9H,7H2,1-2H3/t9-/m0/s1.